The Balaban J connectivity index is 2.84. The Bertz CT molecular complexity index is 572. The minimum Gasteiger partial charge on any atom is -0.476 e. The number of nitrogens with zero attached hydrogens (tertiary/aromatic N) is 3. The molecule has 0 amide bonds. The first-order valence-corrected chi connectivity index (χ1v) is 5.12. The molecule has 0 spiro atoms. The maximum Gasteiger partial charge on any atom is 0.358 e. The van der Waals surface area contributed by atoms with Crippen LogP contribution in [0.25, 0.3) is 5.65 Å². The zero-order valence-electron chi connectivity index (χ0n) is 9.48. The summed E-state index contributed by atoms with van der Waals surface area (Å²) in [4.78, 5) is 19.1. The fourth-order valence-electron chi connectivity index (χ4n) is 1.99. The van der Waals surface area contributed by atoms with E-state index in [1.54, 1.807) is 4.40 Å². The third-order valence-electron chi connectivity index (χ3n) is 2.81. The number of aryl methyl sites for hydroxylation is 2. The van der Waals surface area contributed by atoms with Gasteiger partial charge in [-0.3, -0.25) is 4.40 Å². The van der Waals surface area contributed by atoms with E-state index in [9.17, 15) is 4.79 Å². The number of imidazole rings is 1. The molecule has 2 rings (SSSR count). The van der Waals surface area contributed by atoms with Crippen LogP contribution in [-0.2, 0) is 6.42 Å². The predicted octanol–water partition coefficient (Wildman–Crippen LogP) is 1.61. The van der Waals surface area contributed by atoms with Crippen molar-refractivity contribution < 1.29 is 9.90 Å². The Morgan fingerprint density at radius 3 is 2.75 bits per heavy atom. The summed E-state index contributed by atoms with van der Waals surface area (Å²) in [5.41, 5.74) is 3.44. The van der Waals surface area contributed by atoms with E-state index >= 15 is 0 Å². The molecule has 2 aromatic heterocycles. The average Bonchev–Trinajstić information content (AvgIpc) is 2.62. The highest BCUT2D eigenvalue weighted by atomic mass is 16.4. The van der Waals surface area contributed by atoms with Crippen molar-refractivity contribution in [1.82, 2.24) is 14.4 Å². The molecule has 16 heavy (non-hydrogen) atoms. The topological polar surface area (TPSA) is 67.5 Å². The van der Waals surface area contributed by atoms with Crippen molar-refractivity contribution in [2.24, 2.45) is 0 Å². The van der Waals surface area contributed by atoms with Gasteiger partial charge in [-0.25, -0.2) is 14.8 Å². The predicted molar refractivity (Wildman–Crippen MR) is 58.8 cm³/mol. The second kappa shape index (κ2) is 3.59. The molecule has 0 radical (unpaired) electrons. The molecule has 84 valence electrons. The molecule has 2 heterocycles. The molecule has 0 saturated heterocycles. The highest BCUT2D eigenvalue weighted by Gasteiger charge is 2.16. The summed E-state index contributed by atoms with van der Waals surface area (Å²) in [5, 5.41) is 8.96. The minimum atomic E-state index is -1.04. The van der Waals surface area contributed by atoms with Crippen LogP contribution in [0.5, 0.6) is 0 Å². The van der Waals surface area contributed by atoms with Crippen molar-refractivity contribution in [3.63, 3.8) is 0 Å². The third kappa shape index (κ3) is 1.36. The molecule has 1 N–H and O–H groups in total. The van der Waals surface area contributed by atoms with E-state index in [0.29, 0.717) is 5.65 Å². The summed E-state index contributed by atoms with van der Waals surface area (Å²) in [5.74, 6) is -1.04. The number of hydrogen-bond acceptors (Lipinski definition) is 3. The third-order valence-corrected chi connectivity index (χ3v) is 2.81. The van der Waals surface area contributed by atoms with Crippen molar-refractivity contribution in [3.8, 4) is 0 Å². The number of aromatic carboxylic acids is 1. The monoisotopic (exact) mass is 219 g/mol. The SMILES string of the molecule is CCc1c(C)nc2c(C(=O)O)ncn2c1C. The van der Waals surface area contributed by atoms with Crippen molar-refractivity contribution in [2.75, 3.05) is 0 Å². The largest absolute Gasteiger partial charge is 0.476 e. The van der Waals surface area contributed by atoms with Gasteiger partial charge in [-0.15, -0.1) is 0 Å². The minimum absolute atomic E-state index is 0.00820. The fourth-order valence-corrected chi connectivity index (χ4v) is 1.99. The van der Waals surface area contributed by atoms with Gasteiger partial charge in [-0.2, -0.15) is 0 Å². The van der Waals surface area contributed by atoms with Crippen LogP contribution in [-0.4, -0.2) is 25.4 Å². The molecule has 0 aromatic carbocycles. The van der Waals surface area contributed by atoms with Gasteiger partial charge in [0.15, 0.2) is 11.3 Å². The molecule has 5 heteroatoms. The van der Waals surface area contributed by atoms with Gasteiger partial charge in [-0.05, 0) is 25.8 Å². The van der Waals surface area contributed by atoms with Crippen molar-refractivity contribution >= 4 is 11.6 Å². The maximum atomic E-state index is 10.9. The van der Waals surface area contributed by atoms with Gasteiger partial charge in [-0.1, -0.05) is 6.92 Å². The Morgan fingerprint density at radius 2 is 2.19 bits per heavy atom. The molecule has 5 nitrogen and oxygen atoms in total. The van der Waals surface area contributed by atoms with Gasteiger partial charge in [0.25, 0.3) is 0 Å². The van der Waals surface area contributed by atoms with Gasteiger partial charge in [0.2, 0.25) is 0 Å². The molecule has 0 aliphatic rings. The van der Waals surface area contributed by atoms with Gasteiger partial charge >= 0.3 is 5.97 Å². The molecule has 0 bridgehead atoms. The van der Waals surface area contributed by atoms with E-state index in [1.807, 2.05) is 13.8 Å². The molecular formula is C11H13N3O2. The normalized spacial score (nSPS) is 10.9. The van der Waals surface area contributed by atoms with Crippen LogP contribution in [0.2, 0.25) is 0 Å². The van der Waals surface area contributed by atoms with E-state index in [4.69, 9.17) is 5.11 Å². The molecule has 0 aliphatic carbocycles. The lowest BCUT2D eigenvalue weighted by Crippen LogP contribution is -2.05. The smallest absolute Gasteiger partial charge is 0.358 e. The van der Waals surface area contributed by atoms with Crippen molar-refractivity contribution in [3.05, 3.63) is 29.0 Å². The summed E-state index contributed by atoms with van der Waals surface area (Å²) in [6.45, 7) is 5.90. The second-order valence-electron chi connectivity index (χ2n) is 3.71. The molecule has 0 fully saturated rings. The summed E-state index contributed by atoms with van der Waals surface area (Å²) >= 11 is 0. The second-order valence-corrected chi connectivity index (χ2v) is 3.71. The highest BCUT2D eigenvalue weighted by molar-refractivity contribution is 5.92. The number of rotatable bonds is 2. The lowest BCUT2D eigenvalue weighted by atomic mass is 10.1. The van der Waals surface area contributed by atoms with E-state index in [1.165, 1.54) is 6.33 Å². The molecule has 2 aromatic rings. The molecule has 0 saturated carbocycles. The Hall–Kier alpha value is -1.91. The summed E-state index contributed by atoms with van der Waals surface area (Å²) < 4.78 is 1.73. The molecule has 0 atom stereocenters. The summed E-state index contributed by atoms with van der Waals surface area (Å²) in [6.07, 6.45) is 2.39. The highest BCUT2D eigenvalue weighted by Crippen LogP contribution is 2.17. The standard InChI is InChI=1S/C11H13N3O2/c1-4-8-6(2)13-10-9(11(15)16)12-5-14(10)7(8)3/h5H,4H2,1-3H3,(H,15,16). The van der Waals surface area contributed by atoms with Gasteiger partial charge < -0.3 is 5.11 Å². The Kier molecular flexibility index (Phi) is 2.38. The number of carboxylic acid groups (broad SMARTS) is 1. The number of carbonyl (C=O) groups is 1. The molecule has 0 aliphatic heterocycles. The van der Waals surface area contributed by atoms with Crippen LogP contribution >= 0.6 is 0 Å². The summed E-state index contributed by atoms with van der Waals surface area (Å²) in [7, 11) is 0. The lowest BCUT2D eigenvalue weighted by molar-refractivity contribution is 0.0693. The fraction of sp³-hybridized carbons (Fsp3) is 0.364. The first-order valence-electron chi connectivity index (χ1n) is 5.12. The quantitative estimate of drug-likeness (QED) is 0.833. The number of carboxylic acids is 1. The number of hydrogen-bond donors (Lipinski definition) is 1. The van der Waals surface area contributed by atoms with Crippen LogP contribution in [0.3, 0.4) is 0 Å². The van der Waals surface area contributed by atoms with Crippen LogP contribution in [0.4, 0.5) is 0 Å². The van der Waals surface area contributed by atoms with Crippen LogP contribution in [0.1, 0.15) is 34.4 Å². The first kappa shape index (κ1) is 10.6. The van der Waals surface area contributed by atoms with Crippen molar-refractivity contribution in [1.29, 1.82) is 0 Å². The van der Waals surface area contributed by atoms with Crippen LogP contribution in [0.15, 0.2) is 6.33 Å². The number of aromatic nitrogens is 3. The zero-order valence-corrected chi connectivity index (χ0v) is 9.48. The van der Waals surface area contributed by atoms with Gasteiger partial charge in [0.05, 0.1) is 0 Å². The lowest BCUT2D eigenvalue weighted by Gasteiger charge is -2.09. The van der Waals surface area contributed by atoms with E-state index in [0.717, 1.165) is 23.4 Å². The molecule has 0 unspecified atom stereocenters. The maximum absolute atomic E-state index is 10.9. The van der Waals surface area contributed by atoms with Gasteiger partial charge in [0, 0.05) is 11.4 Å². The van der Waals surface area contributed by atoms with Crippen LogP contribution < -0.4 is 0 Å². The zero-order chi connectivity index (χ0) is 11.9. The number of fused-ring (bicyclic) bond motifs is 1. The Morgan fingerprint density at radius 1 is 1.50 bits per heavy atom. The van der Waals surface area contributed by atoms with E-state index in [-0.39, 0.29) is 5.69 Å². The summed E-state index contributed by atoms with van der Waals surface area (Å²) in [6, 6.07) is 0. The van der Waals surface area contributed by atoms with Crippen molar-refractivity contribution in [2.45, 2.75) is 27.2 Å². The first-order chi connectivity index (χ1) is 7.56. The van der Waals surface area contributed by atoms with Gasteiger partial charge in [0.1, 0.15) is 6.33 Å². The molecular weight excluding hydrogens is 206 g/mol. The Labute approximate surface area is 92.8 Å². The van der Waals surface area contributed by atoms with E-state index in [2.05, 4.69) is 16.9 Å². The van der Waals surface area contributed by atoms with E-state index < -0.39 is 5.97 Å². The average molecular weight is 219 g/mol. The van der Waals surface area contributed by atoms with Crippen LogP contribution in [0, 0.1) is 13.8 Å².